The Bertz CT molecular complexity index is 465. The molecule has 80 valence electrons. The van der Waals surface area contributed by atoms with E-state index in [1.165, 1.54) is 11.5 Å². The molecule has 0 unspecified atom stereocenters. The summed E-state index contributed by atoms with van der Waals surface area (Å²) in [5, 5.41) is 10.7. The molecule has 0 aliphatic heterocycles. The van der Waals surface area contributed by atoms with Crippen molar-refractivity contribution in [2.75, 3.05) is 5.73 Å². The number of nitrogen functional groups attached to an aromatic ring is 1. The number of anilines is 1. The lowest BCUT2D eigenvalue weighted by Crippen LogP contribution is -2.13. The molecular formula is C8H12N6S. The molecule has 3 N–H and O–H groups in total. The molecule has 2 aromatic rings. The first-order valence-corrected chi connectivity index (χ1v) is 5.27. The van der Waals surface area contributed by atoms with Crippen molar-refractivity contribution in [3.8, 4) is 10.7 Å². The summed E-state index contributed by atoms with van der Waals surface area (Å²) in [6, 6.07) is 0. The van der Waals surface area contributed by atoms with Gasteiger partial charge in [0.05, 0.1) is 5.69 Å². The van der Waals surface area contributed by atoms with Gasteiger partial charge in [0.1, 0.15) is 4.88 Å². The molecule has 0 fully saturated rings. The van der Waals surface area contributed by atoms with Crippen molar-refractivity contribution in [1.82, 2.24) is 24.8 Å². The van der Waals surface area contributed by atoms with E-state index in [-0.39, 0.29) is 11.4 Å². The van der Waals surface area contributed by atoms with Gasteiger partial charge in [-0.1, -0.05) is 25.3 Å². The molecule has 0 saturated heterocycles. The van der Waals surface area contributed by atoms with Gasteiger partial charge in [-0.15, -0.1) is 10.2 Å². The largest absolute Gasteiger partial charge is 0.366 e. The predicted octanol–water partition coefficient (Wildman–Crippen LogP) is 1.20. The zero-order chi connectivity index (χ0) is 11.1. The average Bonchev–Trinajstić information content (AvgIpc) is 2.68. The summed E-state index contributed by atoms with van der Waals surface area (Å²) >= 11 is 1.29. The van der Waals surface area contributed by atoms with Gasteiger partial charge in [0.25, 0.3) is 0 Å². The van der Waals surface area contributed by atoms with E-state index in [4.69, 9.17) is 5.73 Å². The number of nitrogens with one attached hydrogen (secondary N) is 1. The Hall–Kier alpha value is -1.50. The number of aromatic amines is 1. The highest BCUT2D eigenvalue weighted by Gasteiger charge is 2.24. The van der Waals surface area contributed by atoms with Gasteiger partial charge in [-0.25, -0.2) is 0 Å². The smallest absolute Gasteiger partial charge is 0.239 e. The molecule has 0 amide bonds. The number of aromatic nitrogens is 5. The number of nitrogens with two attached hydrogens (primary N) is 1. The molecule has 0 saturated carbocycles. The van der Waals surface area contributed by atoms with Crippen LogP contribution in [0.25, 0.3) is 10.7 Å². The summed E-state index contributed by atoms with van der Waals surface area (Å²) in [5.74, 6) is 0.866. The number of hydrogen-bond donors (Lipinski definition) is 2. The van der Waals surface area contributed by atoms with Crippen molar-refractivity contribution < 1.29 is 0 Å². The molecule has 2 rings (SSSR count). The standard InChI is InChI=1S/C8H12N6S/c1-8(2,3)5-4(15-14-11-5)6-10-7(9)13-12-6/h1-3H3,(H3,9,10,12,13). The van der Waals surface area contributed by atoms with Crippen LogP contribution in [0.3, 0.4) is 0 Å². The predicted molar refractivity (Wildman–Crippen MR) is 58.4 cm³/mol. The van der Waals surface area contributed by atoms with E-state index in [0.29, 0.717) is 5.82 Å². The molecule has 0 aromatic carbocycles. The van der Waals surface area contributed by atoms with Crippen molar-refractivity contribution in [3.05, 3.63) is 5.69 Å². The van der Waals surface area contributed by atoms with E-state index >= 15 is 0 Å². The highest BCUT2D eigenvalue weighted by molar-refractivity contribution is 7.09. The first-order chi connectivity index (χ1) is 6.98. The molecule has 0 aliphatic carbocycles. The van der Waals surface area contributed by atoms with Crippen molar-refractivity contribution in [3.63, 3.8) is 0 Å². The normalized spacial score (nSPS) is 11.9. The third-order valence-electron chi connectivity index (χ3n) is 1.92. The summed E-state index contributed by atoms with van der Waals surface area (Å²) in [4.78, 5) is 4.96. The van der Waals surface area contributed by atoms with E-state index in [1.807, 2.05) is 0 Å². The third kappa shape index (κ3) is 1.82. The van der Waals surface area contributed by atoms with Crippen LogP contribution in [0.15, 0.2) is 0 Å². The molecular weight excluding hydrogens is 212 g/mol. The average molecular weight is 224 g/mol. The topological polar surface area (TPSA) is 93.4 Å². The van der Waals surface area contributed by atoms with Gasteiger partial charge in [-0.3, -0.25) is 5.10 Å². The Kier molecular flexibility index (Phi) is 2.18. The second-order valence-corrected chi connectivity index (χ2v) is 5.00. The Morgan fingerprint density at radius 1 is 1.33 bits per heavy atom. The maximum atomic E-state index is 5.45. The lowest BCUT2D eigenvalue weighted by atomic mass is 9.91. The summed E-state index contributed by atoms with van der Waals surface area (Å²) in [7, 11) is 0. The molecule has 2 aromatic heterocycles. The van der Waals surface area contributed by atoms with E-state index in [2.05, 4.69) is 45.5 Å². The second kappa shape index (κ2) is 3.27. The van der Waals surface area contributed by atoms with Crippen molar-refractivity contribution in [2.24, 2.45) is 0 Å². The minimum atomic E-state index is -0.0656. The summed E-state index contributed by atoms with van der Waals surface area (Å²) in [6.45, 7) is 6.23. The first kappa shape index (κ1) is 10.0. The number of nitrogens with zero attached hydrogens (tertiary/aromatic N) is 4. The zero-order valence-electron chi connectivity index (χ0n) is 8.77. The van der Waals surface area contributed by atoms with Gasteiger partial charge in [-0.2, -0.15) is 4.98 Å². The number of H-pyrrole nitrogens is 1. The van der Waals surface area contributed by atoms with Crippen molar-refractivity contribution in [1.29, 1.82) is 0 Å². The second-order valence-electron chi connectivity index (χ2n) is 4.24. The van der Waals surface area contributed by atoms with Crippen LogP contribution in [0.1, 0.15) is 26.5 Å². The van der Waals surface area contributed by atoms with Crippen LogP contribution in [-0.2, 0) is 5.41 Å². The van der Waals surface area contributed by atoms with Crippen molar-refractivity contribution in [2.45, 2.75) is 26.2 Å². The van der Waals surface area contributed by atoms with Gasteiger partial charge in [0.2, 0.25) is 5.95 Å². The zero-order valence-corrected chi connectivity index (χ0v) is 9.59. The fourth-order valence-corrected chi connectivity index (χ4v) is 2.03. The molecule has 6 nitrogen and oxygen atoms in total. The van der Waals surface area contributed by atoms with Gasteiger partial charge in [0.15, 0.2) is 5.82 Å². The molecule has 2 heterocycles. The summed E-state index contributed by atoms with van der Waals surface area (Å²) < 4.78 is 3.94. The third-order valence-corrected chi connectivity index (χ3v) is 2.65. The highest BCUT2D eigenvalue weighted by atomic mass is 32.1. The van der Waals surface area contributed by atoms with Crippen LogP contribution in [0.2, 0.25) is 0 Å². The summed E-state index contributed by atoms with van der Waals surface area (Å²) in [6.07, 6.45) is 0. The maximum Gasteiger partial charge on any atom is 0.239 e. The molecule has 0 spiro atoms. The minimum absolute atomic E-state index is 0.0656. The highest BCUT2D eigenvalue weighted by Crippen LogP contribution is 2.31. The SMILES string of the molecule is CC(C)(C)c1nnsc1-c1nc(N)n[nH]1. The number of rotatable bonds is 1. The van der Waals surface area contributed by atoms with Crippen LogP contribution >= 0.6 is 11.5 Å². The molecule has 0 aliphatic rings. The lowest BCUT2D eigenvalue weighted by Gasteiger charge is -2.15. The molecule has 7 heteroatoms. The first-order valence-electron chi connectivity index (χ1n) is 4.49. The Morgan fingerprint density at radius 2 is 2.07 bits per heavy atom. The van der Waals surface area contributed by atoms with Gasteiger partial charge in [0, 0.05) is 5.41 Å². The number of hydrogen-bond acceptors (Lipinski definition) is 6. The Labute approximate surface area is 91.1 Å². The molecule has 0 bridgehead atoms. The monoisotopic (exact) mass is 224 g/mol. The molecule has 15 heavy (non-hydrogen) atoms. The lowest BCUT2D eigenvalue weighted by molar-refractivity contribution is 0.568. The quantitative estimate of drug-likeness (QED) is 0.759. The van der Waals surface area contributed by atoms with E-state index in [0.717, 1.165) is 10.6 Å². The van der Waals surface area contributed by atoms with Crippen LogP contribution in [-0.4, -0.2) is 24.8 Å². The fraction of sp³-hybridized carbons (Fsp3) is 0.500. The van der Waals surface area contributed by atoms with Gasteiger partial charge < -0.3 is 5.73 Å². The van der Waals surface area contributed by atoms with E-state index in [9.17, 15) is 0 Å². The van der Waals surface area contributed by atoms with E-state index < -0.39 is 0 Å². The molecule has 0 radical (unpaired) electrons. The van der Waals surface area contributed by atoms with Crippen LogP contribution in [0.5, 0.6) is 0 Å². The Balaban J connectivity index is 2.50. The molecule has 0 atom stereocenters. The van der Waals surface area contributed by atoms with Crippen LogP contribution < -0.4 is 5.73 Å². The fourth-order valence-electron chi connectivity index (χ4n) is 1.21. The van der Waals surface area contributed by atoms with Crippen molar-refractivity contribution >= 4 is 17.5 Å². The van der Waals surface area contributed by atoms with Crippen LogP contribution in [0.4, 0.5) is 5.95 Å². The summed E-state index contributed by atoms with van der Waals surface area (Å²) in [5.41, 5.74) is 6.29. The minimum Gasteiger partial charge on any atom is -0.366 e. The maximum absolute atomic E-state index is 5.45. The van der Waals surface area contributed by atoms with Gasteiger partial charge in [-0.05, 0) is 11.5 Å². The van der Waals surface area contributed by atoms with Gasteiger partial charge >= 0.3 is 0 Å². The van der Waals surface area contributed by atoms with E-state index in [1.54, 1.807) is 0 Å². The Morgan fingerprint density at radius 3 is 2.60 bits per heavy atom. The van der Waals surface area contributed by atoms with Crippen LogP contribution in [0, 0.1) is 0 Å².